The molecule has 0 aromatic carbocycles. The van der Waals surface area contributed by atoms with Gasteiger partial charge in [-0.3, -0.25) is 0 Å². The second-order valence-electron chi connectivity index (χ2n) is 1.97. The first-order valence-electron chi connectivity index (χ1n) is 3.08. The highest BCUT2D eigenvalue weighted by Gasteiger charge is 1.88. The van der Waals surface area contributed by atoms with E-state index >= 15 is 0 Å². The maximum Gasteiger partial charge on any atom is 0.0278 e. The molecule has 1 heterocycles. The molecule has 0 saturated carbocycles. The van der Waals surface area contributed by atoms with Crippen molar-refractivity contribution in [2.75, 3.05) is 6.26 Å². The molecule has 0 amide bonds. The van der Waals surface area contributed by atoms with Gasteiger partial charge >= 0.3 is 0 Å². The first kappa shape index (κ1) is 7.89. The first-order valence-corrected chi connectivity index (χ1v) is 5.19. The zero-order valence-corrected chi connectivity index (χ0v) is 7.76. The highest BCUT2D eigenvalue weighted by atomic mass is 32.2. The van der Waals surface area contributed by atoms with Gasteiger partial charge in [0.05, 0.1) is 0 Å². The van der Waals surface area contributed by atoms with Gasteiger partial charge in [0.15, 0.2) is 0 Å². The third-order valence-electron chi connectivity index (χ3n) is 1.21. The van der Waals surface area contributed by atoms with Gasteiger partial charge in [-0.1, -0.05) is 6.07 Å². The number of allylic oxidation sites excluding steroid dienone is 1. The summed E-state index contributed by atoms with van der Waals surface area (Å²) in [6.45, 7) is 2.13. The number of thiophene rings is 1. The third kappa shape index (κ3) is 2.20. The molecule has 0 aliphatic rings. The van der Waals surface area contributed by atoms with E-state index in [1.165, 1.54) is 9.78 Å². The minimum atomic E-state index is 1.34. The van der Waals surface area contributed by atoms with Gasteiger partial charge < -0.3 is 0 Å². The monoisotopic (exact) mass is 170 g/mol. The van der Waals surface area contributed by atoms with E-state index in [1.54, 1.807) is 23.1 Å². The summed E-state index contributed by atoms with van der Waals surface area (Å²) in [5.41, 5.74) is 0. The number of rotatable bonds is 2. The van der Waals surface area contributed by atoms with Crippen LogP contribution < -0.4 is 0 Å². The molecule has 0 saturated heterocycles. The van der Waals surface area contributed by atoms with E-state index < -0.39 is 0 Å². The predicted molar refractivity (Wildman–Crippen MR) is 51.5 cm³/mol. The van der Waals surface area contributed by atoms with E-state index in [1.807, 2.05) is 0 Å². The van der Waals surface area contributed by atoms with Crippen molar-refractivity contribution in [1.82, 2.24) is 0 Å². The Hall–Kier alpha value is -0.210. The Morgan fingerprint density at radius 2 is 2.50 bits per heavy atom. The molecule has 0 bridgehead atoms. The molecule has 1 aromatic heterocycles. The molecule has 0 atom stereocenters. The van der Waals surface area contributed by atoms with Crippen molar-refractivity contribution in [3.05, 3.63) is 27.3 Å². The Bertz CT molecular complexity index is 209. The summed E-state index contributed by atoms with van der Waals surface area (Å²) in [4.78, 5) is 2.70. The van der Waals surface area contributed by atoms with Crippen molar-refractivity contribution < 1.29 is 0 Å². The van der Waals surface area contributed by atoms with Crippen LogP contribution in [0, 0.1) is 0 Å². The van der Waals surface area contributed by atoms with E-state index in [-0.39, 0.29) is 0 Å². The molecule has 2 heteroatoms. The Kier molecular flexibility index (Phi) is 3.03. The average molecular weight is 170 g/mol. The molecular formula is C8H10S2. The number of hydrogen-bond donors (Lipinski definition) is 0. The van der Waals surface area contributed by atoms with Crippen molar-refractivity contribution in [2.24, 2.45) is 0 Å². The van der Waals surface area contributed by atoms with Crippen LogP contribution in [0.4, 0.5) is 0 Å². The fourth-order valence-corrected chi connectivity index (χ4v) is 1.67. The van der Waals surface area contributed by atoms with Gasteiger partial charge in [0.1, 0.15) is 0 Å². The maximum absolute atomic E-state index is 2.20. The second kappa shape index (κ2) is 3.84. The fraction of sp³-hybridized carbons (Fsp3) is 0.250. The molecule has 0 radical (unpaired) electrons. The molecule has 10 heavy (non-hydrogen) atoms. The standard InChI is InChI=1S/C8H10S2/c1-7(9-2)6-8-4-3-5-10-8/h3-6H,1-2H3/b7-6-. The van der Waals surface area contributed by atoms with Gasteiger partial charge in [-0.2, -0.15) is 0 Å². The molecule has 0 aliphatic heterocycles. The van der Waals surface area contributed by atoms with Crippen molar-refractivity contribution in [3.8, 4) is 0 Å². The van der Waals surface area contributed by atoms with Crippen LogP contribution in [-0.4, -0.2) is 6.26 Å². The van der Waals surface area contributed by atoms with Gasteiger partial charge in [0.25, 0.3) is 0 Å². The van der Waals surface area contributed by atoms with E-state index in [9.17, 15) is 0 Å². The lowest BCUT2D eigenvalue weighted by molar-refractivity contribution is 1.72. The van der Waals surface area contributed by atoms with E-state index in [0.29, 0.717) is 0 Å². The predicted octanol–water partition coefficient (Wildman–Crippen LogP) is 3.47. The van der Waals surface area contributed by atoms with Gasteiger partial charge in [-0.15, -0.1) is 23.1 Å². The topological polar surface area (TPSA) is 0 Å². The molecule has 0 nitrogen and oxygen atoms in total. The van der Waals surface area contributed by atoms with Gasteiger partial charge in [0, 0.05) is 4.88 Å². The zero-order valence-electron chi connectivity index (χ0n) is 6.13. The fourth-order valence-electron chi connectivity index (χ4n) is 0.633. The van der Waals surface area contributed by atoms with Crippen molar-refractivity contribution >= 4 is 29.2 Å². The van der Waals surface area contributed by atoms with E-state index in [2.05, 4.69) is 36.8 Å². The summed E-state index contributed by atoms with van der Waals surface area (Å²) in [6.07, 6.45) is 4.30. The molecule has 0 fully saturated rings. The molecule has 0 spiro atoms. The molecule has 1 rings (SSSR count). The molecule has 0 aliphatic carbocycles. The van der Waals surface area contributed by atoms with Crippen LogP contribution in [0.5, 0.6) is 0 Å². The van der Waals surface area contributed by atoms with Crippen LogP contribution in [0.15, 0.2) is 22.4 Å². The highest BCUT2D eigenvalue weighted by molar-refractivity contribution is 8.02. The van der Waals surface area contributed by atoms with Crippen LogP contribution in [0.25, 0.3) is 6.08 Å². The van der Waals surface area contributed by atoms with Gasteiger partial charge in [-0.25, -0.2) is 0 Å². The third-order valence-corrected chi connectivity index (χ3v) is 2.79. The zero-order chi connectivity index (χ0) is 7.40. The molecule has 0 N–H and O–H groups in total. The van der Waals surface area contributed by atoms with Crippen molar-refractivity contribution in [3.63, 3.8) is 0 Å². The highest BCUT2D eigenvalue weighted by Crippen LogP contribution is 2.18. The van der Waals surface area contributed by atoms with Crippen molar-refractivity contribution in [1.29, 1.82) is 0 Å². The van der Waals surface area contributed by atoms with Crippen LogP contribution in [0.1, 0.15) is 11.8 Å². The largest absolute Gasteiger partial charge is 0.144 e. The summed E-state index contributed by atoms with van der Waals surface area (Å²) in [7, 11) is 0. The maximum atomic E-state index is 2.20. The second-order valence-corrected chi connectivity index (χ2v) is 4.01. The lowest BCUT2D eigenvalue weighted by Crippen LogP contribution is -1.62. The van der Waals surface area contributed by atoms with Crippen molar-refractivity contribution in [2.45, 2.75) is 6.92 Å². The Morgan fingerprint density at radius 3 is 3.00 bits per heavy atom. The Balaban J connectivity index is 2.71. The quantitative estimate of drug-likeness (QED) is 0.655. The average Bonchev–Trinajstić information content (AvgIpc) is 2.40. The molecule has 1 aromatic rings. The minimum absolute atomic E-state index is 1.34. The summed E-state index contributed by atoms with van der Waals surface area (Å²) in [5, 5.41) is 2.10. The number of hydrogen-bond acceptors (Lipinski definition) is 2. The smallest absolute Gasteiger partial charge is 0.0278 e. The lowest BCUT2D eigenvalue weighted by atomic mass is 10.4. The Labute approximate surface area is 70.0 Å². The first-order chi connectivity index (χ1) is 4.83. The summed E-state index contributed by atoms with van der Waals surface area (Å²) in [6, 6.07) is 4.20. The van der Waals surface area contributed by atoms with Gasteiger partial charge in [0.2, 0.25) is 0 Å². The van der Waals surface area contributed by atoms with Gasteiger partial charge in [-0.05, 0) is 35.6 Å². The summed E-state index contributed by atoms with van der Waals surface area (Å²) in [5.74, 6) is 0. The normalized spacial score (nSPS) is 12.0. The minimum Gasteiger partial charge on any atom is -0.144 e. The summed E-state index contributed by atoms with van der Waals surface area (Å²) >= 11 is 3.57. The van der Waals surface area contributed by atoms with E-state index in [0.717, 1.165) is 0 Å². The number of thioether (sulfide) groups is 1. The Morgan fingerprint density at radius 1 is 1.70 bits per heavy atom. The lowest BCUT2D eigenvalue weighted by Gasteiger charge is -1.90. The van der Waals surface area contributed by atoms with E-state index in [4.69, 9.17) is 0 Å². The van der Waals surface area contributed by atoms with Crippen LogP contribution in [0.2, 0.25) is 0 Å². The molecule has 0 unspecified atom stereocenters. The summed E-state index contributed by atoms with van der Waals surface area (Å²) < 4.78 is 0. The molecular weight excluding hydrogens is 160 g/mol. The van der Waals surface area contributed by atoms with Crippen LogP contribution in [-0.2, 0) is 0 Å². The van der Waals surface area contributed by atoms with Crippen LogP contribution >= 0.6 is 23.1 Å². The molecule has 54 valence electrons. The SMILES string of the molecule is CS/C(C)=C\c1cccs1. The van der Waals surface area contributed by atoms with Crippen LogP contribution in [0.3, 0.4) is 0 Å².